The zero-order valence-electron chi connectivity index (χ0n) is 8.96. The molecule has 0 aromatic heterocycles. The summed E-state index contributed by atoms with van der Waals surface area (Å²) in [5, 5.41) is 7.81. The topological polar surface area (TPSA) is 36.3 Å². The van der Waals surface area contributed by atoms with Crippen molar-refractivity contribution in [1.82, 2.24) is 4.90 Å². The van der Waals surface area contributed by atoms with E-state index in [0.29, 0.717) is 5.92 Å². The Morgan fingerprint density at radius 3 is 2.64 bits per heavy atom. The van der Waals surface area contributed by atoms with Crippen molar-refractivity contribution in [3.63, 3.8) is 0 Å². The van der Waals surface area contributed by atoms with Gasteiger partial charge in [0.1, 0.15) is 0 Å². The smallest absolute Gasteiger partial charge is 0.0987 e. The lowest BCUT2D eigenvalue weighted by Gasteiger charge is -2.19. The van der Waals surface area contributed by atoms with Gasteiger partial charge < -0.3 is 9.64 Å². The third-order valence-corrected chi connectivity index (χ3v) is 3.00. The number of nitrogens with zero attached hydrogens (tertiary/aromatic N) is 1. The van der Waals surface area contributed by atoms with Crippen LogP contribution in [0.1, 0.15) is 25.7 Å². The number of amidine groups is 1. The van der Waals surface area contributed by atoms with Gasteiger partial charge in [-0.25, -0.2) is 0 Å². The SMILES string of the molecule is CN(CCOCC1CC1)C(=N)C1CC1. The molecule has 2 fully saturated rings. The average Bonchev–Trinajstić information content (AvgIpc) is 3.04. The highest BCUT2D eigenvalue weighted by Gasteiger charge is 2.28. The standard InChI is InChI=1S/C11H20N2O/c1-13(11(12)10-4-5-10)6-7-14-8-9-2-3-9/h9-10,12H,2-8H2,1H3. The molecule has 2 rings (SSSR count). The molecule has 2 aliphatic carbocycles. The summed E-state index contributed by atoms with van der Waals surface area (Å²) >= 11 is 0. The Balaban J connectivity index is 1.52. The molecule has 0 aromatic rings. The second-order valence-electron chi connectivity index (χ2n) is 4.60. The molecule has 0 spiro atoms. The van der Waals surface area contributed by atoms with E-state index in [1.165, 1.54) is 25.7 Å². The van der Waals surface area contributed by atoms with Gasteiger partial charge in [-0.05, 0) is 31.6 Å². The van der Waals surface area contributed by atoms with Crippen LogP contribution in [0, 0.1) is 17.2 Å². The Labute approximate surface area is 85.9 Å². The van der Waals surface area contributed by atoms with Crippen molar-refractivity contribution in [2.24, 2.45) is 11.8 Å². The number of ether oxygens (including phenoxy) is 1. The Morgan fingerprint density at radius 2 is 2.07 bits per heavy atom. The van der Waals surface area contributed by atoms with E-state index in [2.05, 4.69) is 0 Å². The van der Waals surface area contributed by atoms with Crippen LogP contribution in [-0.2, 0) is 4.74 Å². The van der Waals surface area contributed by atoms with Crippen LogP contribution in [0.4, 0.5) is 0 Å². The van der Waals surface area contributed by atoms with Crippen molar-refractivity contribution in [1.29, 1.82) is 5.41 Å². The molecule has 3 heteroatoms. The molecule has 0 bridgehead atoms. The summed E-state index contributed by atoms with van der Waals surface area (Å²) in [5.74, 6) is 2.21. The van der Waals surface area contributed by atoms with Crippen LogP contribution >= 0.6 is 0 Å². The fourth-order valence-electron chi connectivity index (χ4n) is 1.52. The Kier molecular flexibility index (Phi) is 3.06. The van der Waals surface area contributed by atoms with E-state index >= 15 is 0 Å². The van der Waals surface area contributed by atoms with Crippen LogP contribution in [0.3, 0.4) is 0 Å². The van der Waals surface area contributed by atoms with Crippen molar-refractivity contribution in [3.8, 4) is 0 Å². The molecule has 0 heterocycles. The molecule has 80 valence electrons. The van der Waals surface area contributed by atoms with Gasteiger partial charge in [0.05, 0.1) is 12.4 Å². The lowest BCUT2D eigenvalue weighted by molar-refractivity contribution is 0.115. The first-order valence-electron chi connectivity index (χ1n) is 5.64. The van der Waals surface area contributed by atoms with Gasteiger partial charge in [0.25, 0.3) is 0 Å². The van der Waals surface area contributed by atoms with E-state index in [4.69, 9.17) is 10.1 Å². The molecule has 0 saturated heterocycles. The van der Waals surface area contributed by atoms with E-state index in [-0.39, 0.29) is 0 Å². The van der Waals surface area contributed by atoms with Crippen LogP contribution in [0.2, 0.25) is 0 Å². The highest BCUT2D eigenvalue weighted by atomic mass is 16.5. The third-order valence-electron chi connectivity index (χ3n) is 3.00. The monoisotopic (exact) mass is 196 g/mol. The summed E-state index contributed by atoms with van der Waals surface area (Å²) in [6.07, 6.45) is 5.14. The maximum Gasteiger partial charge on any atom is 0.0987 e. The molecule has 0 unspecified atom stereocenters. The summed E-state index contributed by atoms with van der Waals surface area (Å²) < 4.78 is 5.54. The van der Waals surface area contributed by atoms with Crippen LogP contribution in [0.5, 0.6) is 0 Å². The van der Waals surface area contributed by atoms with Gasteiger partial charge in [0.15, 0.2) is 0 Å². The summed E-state index contributed by atoms with van der Waals surface area (Å²) in [4.78, 5) is 2.03. The van der Waals surface area contributed by atoms with Gasteiger partial charge in [-0.15, -0.1) is 0 Å². The number of likely N-dealkylation sites (N-methyl/N-ethyl adjacent to an activating group) is 1. The largest absolute Gasteiger partial charge is 0.379 e. The van der Waals surface area contributed by atoms with Gasteiger partial charge in [-0.2, -0.15) is 0 Å². The molecule has 0 aromatic carbocycles. The molecular weight excluding hydrogens is 176 g/mol. The van der Waals surface area contributed by atoms with E-state index in [1.54, 1.807) is 0 Å². The van der Waals surface area contributed by atoms with Gasteiger partial charge in [0.2, 0.25) is 0 Å². The van der Waals surface area contributed by atoms with E-state index in [9.17, 15) is 0 Å². The number of rotatable bonds is 6. The fourth-order valence-corrected chi connectivity index (χ4v) is 1.52. The predicted molar refractivity (Wildman–Crippen MR) is 56.6 cm³/mol. The van der Waals surface area contributed by atoms with Gasteiger partial charge in [0, 0.05) is 26.1 Å². The fraction of sp³-hybridized carbons (Fsp3) is 0.909. The first-order valence-corrected chi connectivity index (χ1v) is 5.64. The lowest BCUT2D eigenvalue weighted by Crippen LogP contribution is -2.30. The Hall–Kier alpha value is -0.570. The second kappa shape index (κ2) is 4.30. The molecule has 2 aliphatic rings. The zero-order chi connectivity index (χ0) is 9.97. The van der Waals surface area contributed by atoms with Crippen LogP contribution in [0.25, 0.3) is 0 Å². The quantitative estimate of drug-likeness (QED) is 0.399. The minimum atomic E-state index is 0.559. The molecule has 2 saturated carbocycles. The maximum atomic E-state index is 7.81. The molecule has 14 heavy (non-hydrogen) atoms. The van der Waals surface area contributed by atoms with Crippen molar-refractivity contribution in [2.45, 2.75) is 25.7 Å². The molecular formula is C11H20N2O. The van der Waals surface area contributed by atoms with Crippen LogP contribution in [-0.4, -0.2) is 37.5 Å². The lowest BCUT2D eigenvalue weighted by atomic mass is 10.3. The highest BCUT2D eigenvalue weighted by Crippen LogP contribution is 2.31. The molecule has 3 nitrogen and oxygen atoms in total. The molecule has 0 aliphatic heterocycles. The van der Waals surface area contributed by atoms with Gasteiger partial charge >= 0.3 is 0 Å². The summed E-state index contributed by atoms with van der Waals surface area (Å²) in [7, 11) is 2.00. The van der Waals surface area contributed by atoms with E-state index in [0.717, 1.165) is 31.5 Å². The second-order valence-corrected chi connectivity index (χ2v) is 4.60. The molecule has 0 radical (unpaired) electrons. The number of hydrogen-bond donors (Lipinski definition) is 1. The zero-order valence-corrected chi connectivity index (χ0v) is 8.96. The maximum absolute atomic E-state index is 7.81. The van der Waals surface area contributed by atoms with E-state index < -0.39 is 0 Å². The van der Waals surface area contributed by atoms with Crippen LogP contribution < -0.4 is 0 Å². The number of nitrogens with one attached hydrogen (secondary N) is 1. The van der Waals surface area contributed by atoms with Crippen LogP contribution in [0.15, 0.2) is 0 Å². The number of hydrogen-bond acceptors (Lipinski definition) is 2. The van der Waals surface area contributed by atoms with E-state index in [1.807, 2.05) is 11.9 Å². The van der Waals surface area contributed by atoms with Crippen molar-refractivity contribution in [2.75, 3.05) is 26.8 Å². The van der Waals surface area contributed by atoms with Gasteiger partial charge in [-0.1, -0.05) is 0 Å². The molecule has 0 amide bonds. The molecule has 1 N–H and O–H groups in total. The Bertz CT molecular complexity index is 209. The first kappa shape index (κ1) is 9.97. The average molecular weight is 196 g/mol. The normalized spacial score (nSPS) is 20.9. The summed E-state index contributed by atoms with van der Waals surface area (Å²) in [5.41, 5.74) is 0. The van der Waals surface area contributed by atoms with Gasteiger partial charge in [-0.3, -0.25) is 5.41 Å². The third kappa shape index (κ3) is 2.98. The molecule has 0 atom stereocenters. The Morgan fingerprint density at radius 1 is 1.36 bits per heavy atom. The first-order chi connectivity index (χ1) is 6.77. The van der Waals surface area contributed by atoms with Crippen molar-refractivity contribution in [3.05, 3.63) is 0 Å². The summed E-state index contributed by atoms with van der Waals surface area (Å²) in [6, 6.07) is 0. The minimum Gasteiger partial charge on any atom is -0.379 e. The highest BCUT2D eigenvalue weighted by molar-refractivity contribution is 5.83. The predicted octanol–water partition coefficient (Wildman–Crippen LogP) is 1.73. The summed E-state index contributed by atoms with van der Waals surface area (Å²) in [6.45, 7) is 2.59. The van der Waals surface area contributed by atoms with Crippen molar-refractivity contribution < 1.29 is 4.74 Å². The minimum absolute atomic E-state index is 0.559. The van der Waals surface area contributed by atoms with Crippen molar-refractivity contribution >= 4 is 5.84 Å².